The van der Waals surface area contributed by atoms with Crippen LogP contribution in [0, 0.1) is 5.92 Å². The molecule has 0 radical (unpaired) electrons. The van der Waals surface area contributed by atoms with Crippen LogP contribution in [-0.4, -0.2) is 44.8 Å². The Bertz CT molecular complexity index is 490. The Hall–Kier alpha value is -1.26. The lowest BCUT2D eigenvalue weighted by Crippen LogP contribution is -2.46. The predicted octanol–water partition coefficient (Wildman–Crippen LogP) is 3.26. The van der Waals surface area contributed by atoms with E-state index in [1.807, 2.05) is 6.07 Å². The highest BCUT2D eigenvalue weighted by Crippen LogP contribution is 2.35. The molecule has 1 aromatic carbocycles. The molecule has 2 unspecified atom stereocenters. The van der Waals surface area contributed by atoms with Crippen molar-refractivity contribution in [2.24, 2.45) is 11.7 Å². The normalized spacial score (nSPS) is 20.5. The molecule has 1 aliphatic heterocycles. The van der Waals surface area contributed by atoms with E-state index < -0.39 is 0 Å². The third-order valence-electron chi connectivity index (χ3n) is 4.82. The van der Waals surface area contributed by atoms with Crippen LogP contribution in [0.4, 0.5) is 0 Å². The van der Waals surface area contributed by atoms with Crippen LogP contribution >= 0.6 is 0 Å². The maximum Gasteiger partial charge on any atom is 0.160 e. The molecule has 1 saturated heterocycles. The Balaban J connectivity index is 2.26. The molecule has 1 fully saturated rings. The van der Waals surface area contributed by atoms with E-state index in [0.29, 0.717) is 24.4 Å². The van der Waals surface area contributed by atoms with Gasteiger partial charge in [0.15, 0.2) is 11.5 Å². The topological polar surface area (TPSA) is 47.7 Å². The summed E-state index contributed by atoms with van der Waals surface area (Å²) < 4.78 is 10.8. The quantitative estimate of drug-likeness (QED) is 0.838. The molecule has 0 saturated carbocycles. The monoisotopic (exact) mass is 320 g/mol. The summed E-state index contributed by atoms with van der Waals surface area (Å²) in [5.41, 5.74) is 7.45. The molecule has 1 aromatic rings. The first kappa shape index (κ1) is 18.1. The van der Waals surface area contributed by atoms with Gasteiger partial charge in [-0.15, -0.1) is 0 Å². The Kier molecular flexibility index (Phi) is 6.72. The van der Waals surface area contributed by atoms with Gasteiger partial charge in [-0.2, -0.15) is 0 Å². The van der Waals surface area contributed by atoms with E-state index in [2.05, 4.69) is 30.9 Å². The third kappa shape index (κ3) is 4.39. The van der Waals surface area contributed by atoms with Crippen molar-refractivity contribution < 1.29 is 9.47 Å². The smallest absolute Gasteiger partial charge is 0.160 e. The lowest BCUT2D eigenvalue weighted by atomic mass is 9.84. The Morgan fingerprint density at radius 3 is 2.52 bits per heavy atom. The average Bonchev–Trinajstić information content (AvgIpc) is 2.56. The van der Waals surface area contributed by atoms with Crippen molar-refractivity contribution in [1.82, 2.24) is 4.90 Å². The molecule has 4 nitrogen and oxygen atoms in total. The molecular weight excluding hydrogens is 288 g/mol. The molecule has 2 rings (SSSR count). The minimum Gasteiger partial charge on any atom is -0.493 e. The number of piperidine rings is 1. The minimum absolute atomic E-state index is 0.342. The van der Waals surface area contributed by atoms with Crippen molar-refractivity contribution in [3.63, 3.8) is 0 Å². The molecule has 1 heterocycles. The highest BCUT2D eigenvalue weighted by molar-refractivity contribution is 5.44. The predicted molar refractivity (Wildman–Crippen MR) is 95.4 cm³/mol. The van der Waals surface area contributed by atoms with Crippen LogP contribution < -0.4 is 15.2 Å². The van der Waals surface area contributed by atoms with E-state index in [0.717, 1.165) is 18.0 Å². The number of likely N-dealkylation sites (tertiary alicyclic amines) is 1. The number of hydrogen-bond acceptors (Lipinski definition) is 4. The Morgan fingerprint density at radius 1 is 1.17 bits per heavy atom. The molecule has 0 amide bonds. The number of methoxy groups -OCH3 is 2. The van der Waals surface area contributed by atoms with Crippen molar-refractivity contribution in [2.75, 3.05) is 33.9 Å². The molecule has 0 bridgehead atoms. The molecule has 0 aliphatic carbocycles. The zero-order chi connectivity index (χ0) is 16.8. The minimum atomic E-state index is 0.342. The second-order valence-corrected chi connectivity index (χ2v) is 6.91. The van der Waals surface area contributed by atoms with Gasteiger partial charge >= 0.3 is 0 Å². The van der Waals surface area contributed by atoms with Gasteiger partial charge in [-0.1, -0.05) is 26.3 Å². The van der Waals surface area contributed by atoms with Gasteiger partial charge in [0.25, 0.3) is 0 Å². The van der Waals surface area contributed by atoms with Crippen molar-refractivity contribution in [1.29, 1.82) is 0 Å². The second kappa shape index (κ2) is 8.55. The van der Waals surface area contributed by atoms with E-state index in [-0.39, 0.29) is 0 Å². The molecule has 1 aliphatic rings. The van der Waals surface area contributed by atoms with Crippen molar-refractivity contribution in [3.05, 3.63) is 23.8 Å². The zero-order valence-electron chi connectivity index (χ0n) is 15.0. The standard InChI is InChI=1S/C19H32N2O2/c1-14(2)13-21-10-6-5-7-17(21)16(12-20)15-8-9-18(22-3)19(11-15)23-4/h8-9,11,14,16-17H,5-7,10,12-13,20H2,1-4H3. The lowest BCUT2D eigenvalue weighted by molar-refractivity contribution is 0.112. The van der Waals surface area contributed by atoms with Gasteiger partial charge in [-0.25, -0.2) is 0 Å². The number of rotatable bonds is 7. The summed E-state index contributed by atoms with van der Waals surface area (Å²) >= 11 is 0. The van der Waals surface area contributed by atoms with Crippen LogP contribution in [0.2, 0.25) is 0 Å². The van der Waals surface area contributed by atoms with Gasteiger partial charge in [0.05, 0.1) is 14.2 Å². The Labute approximate surface area is 140 Å². The van der Waals surface area contributed by atoms with Crippen LogP contribution in [0.15, 0.2) is 18.2 Å². The second-order valence-electron chi connectivity index (χ2n) is 6.91. The van der Waals surface area contributed by atoms with Crippen molar-refractivity contribution in [3.8, 4) is 11.5 Å². The first-order valence-electron chi connectivity index (χ1n) is 8.76. The molecule has 4 heteroatoms. The SMILES string of the molecule is COc1ccc(C(CN)C2CCCCN2CC(C)C)cc1OC. The summed E-state index contributed by atoms with van der Waals surface area (Å²) in [7, 11) is 3.36. The molecule has 23 heavy (non-hydrogen) atoms. The summed E-state index contributed by atoms with van der Waals surface area (Å²) in [6.07, 6.45) is 3.82. The maximum absolute atomic E-state index is 6.19. The molecule has 2 atom stereocenters. The van der Waals surface area contributed by atoms with Crippen LogP contribution in [0.1, 0.15) is 44.6 Å². The molecule has 0 aromatic heterocycles. The highest BCUT2D eigenvalue weighted by atomic mass is 16.5. The van der Waals surface area contributed by atoms with Gasteiger partial charge in [0, 0.05) is 25.0 Å². The first-order valence-corrected chi connectivity index (χ1v) is 8.76. The average molecular weight is 320 g/mol. The van der Waals surface area contributed by atoms with Crippen LogP contribution in [0.3, 0.4) is 0 Å². The van der Waals surface area contributed by atoms with Crippen LogP contribution in [0.5, 0.6) is 11.5 Å². The van der Waals surface area contributed by atoms with Gasteiger partial charge in [0.1, 0.15) is 0 Å². The van der Waals surface area contributed by atoms with E-state index in [1.165, 1.54) is 31.4 Å². The highest BCUT2D eigenvalue weighted by Gasteiger charge is 2.30. The lowest BCUT2D eigenvalue weighted by Gasteiger charge is -2.41. The fourth-order valence-electron chi connectivity index (χ4n) is 3.77. The summed E-state index contributed by atoms with van der Waals surface area (Å²) in [5.74, 6) is 2.58. The molecule has 130 valence electrons. The summed E-state index contributed by atoms with van der Waals surface area (Å²) in [6, 6.07) is 6.75. The number of benzene rings is 1. The number of nitrogens with zero attached hydrogens (tertiary/aromatic N) is 1. The maximum atomic E-state index is 6.19. The van der Waals surface area contributed by atoms with Crippen molar-refractivity contribution in [2.45, 2.75) is 45.1 Å². The van der Waals surface area contributed by atoms with Gasteiger partial charge < -0.3 is 15.2 Å². The first-order chi connectivity index (χ1) is 11.1. The third-order valence-corrected chi connectivity index (χ3v) is 4.82. The fraction of sp³-hybridized carbons (Fsp3) is 0.684. The molecular formula is C19H32N2O2. The fourth-order valence-corrected chi connectivity index (χ4v) is 3.77. The van der Waals surface area contributed by atoms with Gasteiger partial charge in [0.2, 0.25) is 0 Å². The summed E-state index contributed by atoms with van der Waals surface area (Å²) in [4.78, 5) is 2.64. The van der Waals surface area contributed by atoms with Crippen LogP contribution in [0.25, 0.3) is 0 Å². The number of nitrogens with two attached hydrogens (primary N) is 1. The zero-order valence-corrected chi connectivity index (χ0v) is 15.0. The summed E-state index contributed by atoms with van der Waals surface area (Å²) in [6.45, 7) is 7.58. The molecule has 0 spiro atoms. The van der Waals surface area contributed by atoms with E-state index in [9.17, 15) is 0 Å². The largest absolute Gasteiger partial charge is 0.493 e. The number of hydrogen-bond donors (Lipinski definition) is 1. The van der Waals surface area contributed by atoms with Gasteiger partial charge in [-0.3, -0.25) is 4.90 Å². The Morgan fingerprint density at radius 2 is 1.91 bits per heavy atom. The van der Waals surface area contributed by atoms with E-state index in [4.69, 9.17) is 15.2 Å². The van der Waals surface area contributed by atoms with E-state index >= 15 is 0 Å². The number of ether oxygens (including phenoxy) is 2. The molecule has 2 N–H and O–H groups in total. The van der Waals surface area contributed by atoms with Crippen molar-refractivity contribution >= 4 is 0 Å². The van der Waals surface area contributed by atoms with Gasteiger partial charge in [-0.05, 0) is 43.0 Å². The van der Waals surface area contributed by atoms with Crippen LogP contribution in [-0.2, 0) is 0 Å². The van der Waals surface area contributed by atoms with E-state index in [1.54, 1.807) is 14.2 Å². The summed E-state index contributed by atoms with van der Waals surface area (Å²) in [5, 5.41) is 0.